The highest BCUT2D eigenvalue weighted by Gasteiger charge is 2.51. The molecule has 0 spiro atoms. The molecule has 0 aromatic rings. The minimum atomic E-state index is -1.93. The van der Waals surface area contributed by atoms with Gasteiger partial charge in [-0.1, -0.05) is 0 Å². The van der Waals surface area contributed by atoms with Crippen molar-refractivity contribution in [2.24, 2.45) is 5.41 Å². The maximum absolute atomic E-state index is 12.4. The van der Waals surface area contributed by atoms with Crippen LogP contribution in [0.5, 0.6) is 0 Å². The van der Waals surface area contributed by atoms with Crippen molar-refractivity contribution in [3.8, 4) is 0 Å². The van der Waals surface area contributed by atoms with E-state index < -0.39 is 35.7 Å². The third-order valence-corrected chi connectivity index (χ3v) is 3.15. The molecule has 24 heavy (non-hydrogen) atoms. The van der Waals surface area contributed by atoms with Gasteiger partial charge in [-0.15, -0.1) is 0 Å². The van der Waals surface area contributed by atoms with Crippen molar-refractivity contribution in [3.05, 3.63) is 0 Å². The first-order valence-electron chi connectivity index (χ1n) is 8.03. The molecule has 138 valence electrons. The smallest absolute Gasteiger partial charge is 0.324 e. The van der Waals surface area contributed by atoms with Crippen LogP contribution in [0.25, 0.3) is 0 Å². The fourth-order valence-electron chi connectivity index (χ4n) is 2.07. The molecule has 8 nitrogen and oxygen atoms in total. The van der Waals surface area contributed by atoms with E-state index in [1.165, 1.54) is 0 Å². The lowest BCUT2D eigenvalue weighted by molar-refractivity contribution is -0.178. The van der Waals surface area contributed by atoms with E-state index in [1.807, 2.05) is 0 Å². The van der Waals surface area contributed by atoms with Crippen molar-refractivity contribution >= 4 is 23.9 Å². The summed E-state index contributed by atoms with van der Waals surface area (Å²) in [5.74, 6) is -3.16. The fraction of sp³-hybridized carbons (Fsp3) is 0.750. The van der Waals surface area contributed by atoms with Gasteiger partial charge in [0.1, 0.15) is 0 Å². The molecule has 0 saturated carbocycles. The normalized spacial score (nSPS) is 10.7. The number of hydrogen-bond acceptors (Lipinski definition) is 8. The second-order valence-electron chi connectivity index (χ2n) is 4.81. The minimum Gasteiger partial charge on any atom is -0.466 e. The maximum atomic E-state index is 12.4. The van der Waals surface area contributed by atoms with Crippen LogP contribution in [-0.2, 0) is 38.1 Å². The Bertz CT molecular complexity index is 425. The Morgan fingerprint density at radius 2 is 1.08 bits per heavy atom. The van der Waals surface area contributed by atoms with E-state index >= 15 is 0 Å². The van der Waals surface area contributed by atoms with Crippen molar-refractivity contribution in [3.63, 3.8) is 0 Å². The number of carbonyl (C=O) groups is 4. The largest absolute Gasteiger partial charge is 0.466 e. The van der Waals surface area contributed by atoms with Crippen LogP contribution in [-0.4, -0.2) is 50.3 Å². The SMILES string of the molecule is CCOC(=O)CCC(CC(=O)OCC)(C(=O)OCC)C(=O)OCC. The van der Waals surface area contributed by atoms with E-state index in [1.54, 1.807) is 27.7 Å². The Labute approximate surface area is 141 Å². The van der Waals surface area contributed by atoms with E-state index in [4.69, 9.17) is 18.9 Å². The van der Waals surface area contributed by atoms with Gasteiger partial charge in [-0.25, -0.2) is 0 Å². The van der Waals surface area contributed by atoms with Gasteiger partial charge in [0.05, 0.1) is 32.8 Å². The van der Waals surface area contributed by atoms with Crippen LogP contribution in [0.3, 0.4) is 0 Å². The van der Waals surface area contributed by atoms with Crippen LogP contribution in [0.1, 0.15) is 47.0 Å². The topological polar surface area (TPSA) is 105 Å². The molecule has 0 aromatic heterocycles. The van der Waals surface area contributed by atoms with E-state index in [9.17, 15) is 19.2 Å². The van der Waals surface area contributed by atoms with Crippen molar-refractivity contribution < 1.29 is 38.1 Å². The molecule has 8 heteroatoms. The number of hydrogen-bond donors (Lipinski definition) is 0. The van der Waals surface area contributed by atoms with E-state index in [-0.39, 0.29) is 39.3 Å². The Morgan fingerprint density at radius 3 is 1.50 bits per heavy atom. The summed E-state index contributed by atoms with van der Waals surface area (Å²) in [6, 6.07) is 0. The standard InChI is InChI=1S/C16H26O8/c1-5-21-12(17)9-10-16(14(19)23-7-3,15(20)24-8-4)11-13(18)22-6-2/h5-11H2,1-4H3. The molecule has 0 aromatic carbocycles. The number of esters is 4. The molecule has 0 heterocycles. The quantitative estimate of drug-likeness (QED) is 0.314. The van der Waals surface area contributed by atoms with Gasteiger partial charge in [-0.3, -0.25) is 19.2 Å². The second kappa shape index (κ2) is 11.4. The molecule has 0 saturated heterocycles. The summed E-state index contributed by atoms with van der Waals surface area (Å²) in [5.41, 5.74) is -1.93. The lowest BCUT2D eigenvalue weighted by Crippen LogP contribution is -2.44. The highest BCUT2D eigenvalue weighted by molar-refractivity contribution is 6.03. The molecule has 0 N–H and O–H groups in total. The van der Waals surface area contributed by atoms with Crippen LogP contribution < -0.4 is 0 Å². The Kier molecular flexibility index (Phi) is 10.4. The molecule has 0 aliphatic carbocycles. The zero-order valence-corrected chi connectivity index (χ0v) is 14.7. The third-order valence-electron chi connectivity index (χ3n) is 3.15. The highest BCUT2D eigenvalue weighted by Crippen LogP contribution is 2.33. The lowest BCUT2D eigenvalue weighted by atomic mass is 9.79. The van der Waals surface area contributed by atoms with E-state index in [0.29, 0.717) is 0 Å². The molecule has 0 atom stereocenters. The predicted octanol–water partition coefficient (Wildman–Crippen LogP) is 1.40. The average molecular weight is 346 g/mol. The number of rotatable bonds is 11. The van der Waals surface area contributed by atoms with Crippen LogP contribution in [0.2, 0.25) is 0 Å². The Morgan fingerprint density at radius 1 is 0.667 bits per heavy atom. The maximum Gasteiger partial charge on any atom is 0.324 e. The van der Waals surface area contributed by atoms with Gasteiger partial charge in [0.15, 0.2) is 5.41 Å². The van der Waals surface area contributed by atoms with Crippen molar-refractivity contribution in [1.29, 1.82) is 0 Å². The van der Waals surface area contributed by atoms with Crippen molar-refractivity contribution in [1.82, 2.24) is 0 Å². The van der Waals surface area contributed by atoms with E-state index in [2.05, 4.69) is 0 Å². The van der Waals surface area contributed by atoms with Gasteiger partial charge in [-0.2, -0.15) is 0 Å². The molecule has 0 rings (SSSR count). The summed E-state index contributed by atoms with van der Waals surface area (Å²) in [7, 11) is 0. The van der Waals surface area contributed by atoms with Gasteiger partial charge in [0.25, 0.3) is 0 Å². The molecule has 0 fully saturated rings. The van der Waals surface area contributed by atoms with Crippen LogP contribution >= 0.6 is 0 Å². The minimum absolute atomic E-state index is 0.0161. The van der Waals surface area contributed by atoms with Gasteiger partial charge >= 0.3 is 23.9 Å². The molecular weight excluding hydrogens is 320 g/mol. The van der Waals surface area contributed by atoms with Crippen LogP contribution in [0.4, 0.5) is 0 Å². The van der Waals surface area contributed by atoms with Crippen LogP contribution in [0, 0.1) is 5.41 Å². The second-order valence-corrected chi connectivity index (χ2v) is 4.81. The van der Waals surface area contributed by atoms with Gasteiger partial charge in [0.2, 0.25) is 0 Å². The zero-order valence-electron chi connectivity index (χ0n) is 14.7. The predicted molar refractivity (Wildman–Crippen MR) is 82.8 cm³/mol. The van der Waals surface area contributed by atoms with Gasteiger partial charge in [-0.05, 0) is 34.1 Å². The van der Waals surface area contributed by atoms with E-state index in [0.717, 1.165) is 0 Å². The van der Waals surface area contributed by atoms with Gasteiger partial charge in [0, 0.05) is 6.42 Å². The molecule has 0 aliphatic rings. The Hall–Kier alpha value is -2.12. The number of ether oxygens (including phenoxy) is 4. The number of carbonyl (C=O) groups excluding carboxylic acids is 4. The fourth-order valence-corrected chi connectivity index (χ4v) is 2.07. The van der Waals surface area contributed by atoms with Gasteiger partial charge < -0.3 is 18.9 Å². The lowest BCUT2D eigenvalue weighted by Gasteiger charge is -2.28. The highest BCUT2D eigenvalue weighted by atomic mass is 16.6. The summed E-state index contributed by atoms with van der Waals surface area (Å²) in [4.78, 5) is 48.3. The third kappa shape index (κ3) is 6.55. The molecular formula is C16H26O8. The summed E-state index contributed by atoms with van der Waals surface area (Å²) < 4.78 is 19.5. The van der Waals surface area contributed by atoms with Crippen molar-refractivity contribution in [2.75, 3.05) is 26.4 Å². The summed E-state index contributed by atoms with van der Waals surface area (Å²) in [6.07, 6.45) is -1.05. The monoisotopic (exact) mass is 346 g/mol. The molecule has 0 amide bonds. The molecule has 0 unspecified atom stereocenters. The summed E-state index contributed by atoms with van der Waals surface area (Å²) in [5, 5.41) is 0. The first-order valence-corrected chi connectivity index (χ1v) is 8.03. The molecule has 0 radical (unpaired) electrons. The Balaban J connectivity index is 5.55. The molecule has 0 bridgehead atoms. The first-order chi connectivity index (χ1) is 11.4. The average Bonchev–Trinajstić information content (AvgIpc) is 2.52. The van der Waals surface area contributed by atoms with Crippen molar-refractivity contribution in [2.45, 2.75) is 47.0 Å². The first kappa shape index (κ1) is 21.9. The van der Waals surface area contributed by atoms with Crippen LogP contribution in [0.15, 0.2) is 0 Å². The molecule has 0 aliphatic heterocycles. The summed E-state index contributed by atoms with van der Waals surface area (Å²) >= 11 is 0. The summed E-state index contributed by atoms with van der Waals surface area (Å²) in [6.45, 7) is 6.69. The zero-order chi connectivity index (χ0) is 18.6.